The van der Waals surface area contributed by atoms with Gasteiger partial charge in [0.15, 0.2) is 0 Å². The second-order valence-corrected chi connectivity index (χ2v) is 7.11. The van der Waals surface area contributed by atoms with Gasteiger partial charge in [-0.15, -0.1) is 0 Å². The maximum atomic E-state index is 12.4. The average molecular weight is 360 g/mol. The van der Waals surface area contributed by atoms with E-state index in [-0.39, 0.29) is 11.4 Å². The number of sulfonamides is 1. The molecule has 0 bridgehead atoms. The molecule has 8 heteroatoms. The van der Waals surface area contributed by atoms with Crippen LogP contribution in [0.3, 0.4) is 0 Å². The zero-order valence-electron chi connectivity index (χ0n) is 11.1. The third kappa shape index (κ3) is 3.71. The monoisotopic (exact) mass is 359 g/mol. The molecule has 0 atom stereocenters. The fourth-order valence-electron chi connectivity index (χ4n) is 1.74. The van der Waals surface area contributed by atoms with Crippen LogP contribution in [-0.2, 0) is 16.6 Å². The van der Waals surface area contributed by atoms with Crippen LogP contribution in [0.4, 0.5) is 4.79 Å². The van der Waals surface area contributed by atoms with Gasteiger partial charge >= 0.3 is 6.09 Å². The highest BCUT2D eigenvalue weighted by atomic mass is 35.5. The Morgan fingerprint density at radius 2 is 1.41 bits per heavy atom. The maximum absolute atomic E-state index is 12.4. The lowest BCUT2D eigenvalue weighted by Crippen LogP contribution is -2.35. The van der Waals surface area contributed by atoms with E-state index in [0.717, 1.165) is 0 Å². The molecule has 0 aliphatic carbocycles. The minimum Gasteiger partial charge on any atom is -0.464 e. The molecule has 0 radical (unpaired) electrons. The van der Waals surface area contributed by atoms with Gasteiger partial charge < -0.3 is 5.11 Å². The molecule has 0 fully saturated rings. The van der Waals surface area contributed by atoms with Crippen LogP contribution in [-0.4, -0.2) is 23.9 Å². The van der Waals surface area contributed by atoms with Crippen LogP contribution in [0.15, 0.2) is 53.4 Å². The van der Waals surface area contributed by atoms with E-state index in [9.17, 15) is 18.3 Å². The van der Waals surface area contributed by atoms with Gasteiger partial charge in [-0.3, -0.25) is 0 Å². The van der Waals surface area contributed by atoms with Crippen LogP contribution in [0, 0.1) is 0 Å². The molecular formula is C14H11Cl2NO4S. The molecule has 5 nitrogen and oxygen atoms in total. The Hall–Kier alpha value is -1.76. The molecule has 0 aliphatic heterocycles. The summed E-state index contributed by atoms with van der Waals surface area (Å²) in [5.74, 6) is 0. The lowest BCUT2D eigenvalue weighted by atomic mass is 10.2. The van der Waals surface area contributed by atoms with Crippen LogP contribution in [0.25, 0.3) is 0 Å². The van der Waals surface area contributed by atoms with Gasteiger partial charge in [-0.2, -0.15) is 4.31 Å². The van der Waals surface area contributed by atoms with E-state index in [1.54, 1.807) is 24.3 Å². The number of halogens is 2. The zero-order chi connectivity index (χ0) is 16.3. The molecule has 1 N–H and O–H groups in total. The molecule has 1 amide bonds. The average Bonchev–Trinajstić information content (AvgIpc) is 2.46. The van der Waals surface area contributed by atoms with Crippen molar-refractivity contribution >= 4 is 39.3 Å². The second kappa shape index (κ2) is 6.56. The number of carboxylic acid groups (broad SMARTS) is 1. The fraction of sp³-hybridized carbons (Fsp3) is 0.0714. The van der Waals surface area contributed by atoms with Crippen molar-refractivity contribution in [2.24, 2.45) is 0 Å². The first-order valence-corrected chi connectivity index (χ1v) is 8.26. The normalized spacial score (nSPS) is 11.2. The van der Waals surface area contributed by atoms with Crippen molar-refractivity contribution in [2.45, 2.75) is 11.4 Å². The summed E-state index contributed by atoms with van der Waals surface area (Å²) in [7, 11) is -4.18. The first-order valence-electron chi connectivity index (χ1n) is 6.06. The van der Waals surface area contributed by atoms with Gasteiger partial charge in [-0.25, -0.2) is 13.2 Å². The van der Waals surface area contributed by atoms with Gasteiger partial charge in [0.1, 0.15) is 0 Å². The Morgan fingerprint density at radius 1 is 0.955 bits per heavy atom. The smallest absolute Gasteiger partial charge is 0.421 e. The van der Waals surface area contributed by atoms with Gasteiger partial charge in [0.05, 0.1) is 11.4 Å². The Morgan fingerprint density at radius 3 is 1.86 bits per heavy atom. The Balaban J connectivity index is 2.36. The second-order valence-electron chi connectivity index (χ2n) is 4.37. The first-order chi connectivity index (χ1) is 10.3. The Kier molecular flexibility index (Phi) is 4.95. The summed E-state index contributed by atoms with van der Waals surface area (Å²) in [6.07, 6.45) is -1.56. The van der Waals surface area contributed by atoms with E-state index in [1.807, 2.05) is 0 Å². The highest BCUT2D eigenvalue weighted by Crippen LogP contribution is 2.21. The van der Waals surface area contributed by atoms with Crippen LogP contribution >= 0.6 is 23.2 Å². The van der Waals surface area contributed by atoms with E-state index < -0.39 is 16.1 Å². The van der Waals surface area contributed by atoms with Gasteiger partial charge in [-0.1, -0.05) is 35.3 Å². The van der Waals surface area contributed by atoms with E-state index >= 15 is 0 Å². The molecule has 0 unspecified atom stereocenters. The highest BCUT2D eigenvalue weighted by molar-refractivity contribution is 7.89. The van der Waals surface area contributed by atoms with Crippen molar-refractivity contribution in [3.63, 3.8) is 0 Å². The summed E-state index contributed by atoms with van der Waals surface area (Å²) < 4.78 is 25.2. The SMILES string of the molecule is O=C(O)N(Cc1ccc(Cl)cc1)S(=O)(=O)c1ccc(Cl)cc1. The topological polar surface area (TPSA) is 74.7 Å². The number of benzene rings is 2. The largest absolute Gasteiger partial charge is 0.464 e. The van der Waals surface area contributed by atoms with Gasteiger partial charge in [0, 0.05) is 10.0 Å². The zero-order valence-corrected chi connectivity index (χ0v) is 13.4. The molecule has 0 saturated heterocycles. The lowest BCUT2D eigenvalue weighted by Gasteiger charge is -2.19. The molecule has 2 rings (SSSR count). The molecule has 0 aliphatic rings. The Labute approximate surface area is 137 Å². The molecule has 0 heterocycles. The standard InChI is InChI=1S/C14H11Cl2NO4S/c15-11-3-1-10(2-4-11)9-17(14(18)19)22(20,21)13-7-5-12(16)6-8-13/h1-8H,9H2,(H,18,19). The lowest BCUT2D eigenvalue weighted by molar-refractivity contribution is 0.170. The summed E-state index contributed by atoms with van der Waals surface area (Å²) in [6, 6.07) is 11.5. The van der Waals surface area contributed by atoms with E-state index in [2.05, 4.69) is 0 Å². The van der Waals surface area contributed by atoms with E-state index in [0.29, 0.717) is 19.9 Å². The predicted octanol–water partition coefficient (Wildman–Crippen LogP) is 3.86. The molecule has 2 aromatic carbocycles. The van der Waals surface area contributed by atoms with Gasteiger partial charge in [0.2, 0.25) is 0 Å². The summed E-state index contributed by atoms with van der Waals surface area (Å²) in [5, 5.41) is 10.1. The molecular weight excluding hydrogens is 349 g/mol. The molecule has 116 valence electrons. The molecule has 2 aromatic rings. The number of hydrogen-bond acceptors (Lipinski definition) is 3. The van der Waals surface area contributed by atoms with E-state index in [4.69, 9.17) is 23.2 Å². The predicted molar refractivity (Wildman–Crippen MR) is 83.7 cm³/mol. The van der Waals surface area contributed by atoms with Crippen molar-refractivity contribution < 1.29 is 18.3 Å². The van der Waals surface area contributed by atoms with Crippen molar-refractivity contribution in [2.75, 3.05) is 0 Å². The third-order valence-electron chi connectivity index (χ3n) is 2.85. The van der Waals surface area contributed by atoms with Crippen LogP contribution in [0.5, 0.6) is 0 Å². The first kappa shape index (κ1) is 16.6. The highest BCUT2D eigenvalue weighted by Gasteiger charge is 2.29. The molecule has 0 saturated carbocycles. The summed E-state index contributed by atoms with van der Waals surface area (Å²) in [6.45, 7) is -0.308. The van der Waals surface area contributed by atoms with Crippen molar-refractivity contribution in [1.29, 1.82) is 0 Å². The fourth-order valence-corrected chi connectivity index (χ4v) is 3.26. The van der Waals surface area contributed by atoms with Crippen molar-refractivity contribution in [3.8, 4) is 0 Å². The van der Waals surface area contributed by atoms with Crippen molar-refractivity contribution in [1.82, 2.24) is 4.31 Å². The summed E-state index contributed by atoms with van der Waals surface area (Å²) >= 11 is 11.5. The minimum absolute atomic E-state index is 0.145. The van der Waals surface area contributed by atoms with Crippen LogP contribution in [0.2, 0.25) is 10.0 Å². The van der Waals surface area contributed by atoms with Gasteiger partial charge in [-0.05, 0) is 42.0 Å². The Bertz CT molecular complexity index is 773. The number of amides is 1. The van der Waals surface area contributed by atoms with Gasteiger partial charge in [0.25, 0.3) is 10.0 Å². The van der Waals surface area contributed by atoms with Crippen LogP contribution < -0.4 is 0 Å². The summed E-state index contributed by atoms with van der Waals surface area (Å²) in [5.41, 5.74) is 0.504. The quantitative estimate of drug-likeness (QED) is 0.898. The number of hydrogen-bond donors (Lipinski definition) is 1. The molecule has 0 spiro atoms. The number of nitrogens with zero attached hydrogens (tertiary/aromatic N) is 1. The third-order valence-corrected chi connectivity index (χ3v) is 5.09. The number of carbonyl (C=O) groups is 1. The maximum Gasteiger partial charge on any atom is 0.421 e. The van der Waals surface area contributed by atoms with Crippen LogP contribution in [0.1, 0.15) is 5.56 Å². The molecule has 22 heavy (non-hydrogen) atoms. The minimum atomic E-state index is -4.18. The number of rotatable bonds is 4. The summed E-state index contributed by atoms with van der Waals surface area (Å²) in [4.78, 5) is 11.2. The van der Waals surface area contributed by atoms with Crippen molar-refractivity contribution in [3.05, 3.63) is 64.1 Å². The molecule has 0 aromatic heterocycles. The van der Waals surface area contributed by atoms with E-state index in [1.165, 1.54) is 24.3 Å².